The van der Waals surface area contributed by atoms with Crippen molar-refractivity contribution in [2.24, 2.45) is 0 Å². The molecule has 3 rings (SSSR count). The van der Waals surface area contributed by atoms with Crippen LogP contribution in [0.15, 0.2) is 48.8 Å². The molecule has 146 valence electrons. The van der Waals surface area contributed by atoms with E-state index in [1.807, 2.05) is 6.92 Å². The lowest BCUT2D eigenvalue weighted by Crippen LogP contribution is -2.08. The smallest absolute Gasteiger partial charge is 0.335 e. The number of ether oxygens (including phenoxy) is 2. The van der Waals surface area contributed by atoms with Crippen molar-refractivity contribution in [2.75, 3.05) is 6.61 Å². The Labute approximate surface area is 161 Å². The fourth-order valence-electron chi connectivity index (χ4n) is 2.50. The third kappa shape index (κ3) is 4.64. The molecule has 0 saturated heterocycles. The topological polar surface area (TPSA) is 86.5 Å². The van der Waals surface area contributed by atoms with Crippen LogP contribution in [-0.4, -0.2) is 32.4 Å². The van der Waals surface area contributed by atoms with Crippen LogP contribution in [0, 0.1) is 5.82 Å². The van der Waals surface area contributed by atoms with Crippen LogP contribution in [-0.2, 0) is 6.61 Å². The van der Waals surface area contributed by atoms with Gasteiger partial charge in [-0.2, -0.15) is 9.78 Å². The van der Waals surface area contributed by atoms with Gasteiger partial charge in [-0.3, -0.25) is 0 Å². The molecule has 0 bridgehead atoms. The van der Waals surface area contributed by atoms with Crippen molar-refractivity contribution in [3.05, 3.63) is 65.7 Å². The second kappa shape index (κ2) is 8.98. The van der Waals surface area contributed by atoms with Crippen molar-refractivity contribution in [1.82, 2.24) is 14.8 Å². The fourth-order valence-corrected chi connectivity index (χ4v) is 2.50. The van der Waals surface area contributed by atoms with Gasteiger partial charge in [0.1, 0.15) is 18.2 Å². The number of nitrogens with zero attached hydrogens (tertiary/aromatic N) is 3. The first-order valence-corrected chi connectivity index (χ1v) is 8.86. The number of pyridine rings is 1. The highest BCUT2D eigenvalue weighted by Gasteiger charge is 2.12. The number of hydrogen-bond donors (Lipinski definition) is 1. The predicted molar refractivity (Wildman–Crippen MR) is 99.5 cm³/mol. The molecular formula is C20H20FN3O4. The molecule has 3 aromatic rings. The maximum absolute atomic E-state index is 13.6. The van der Waals surface area contributed by atoms with Crippen molar-refractivity contribution in [3.8, 4) is 17.4 Å². The Balaban J connectivity index is 1.77. The molecule has 28 heavy (non-hydrogen) atoms. The Bertz CT molecular complexity index is 958. The molecule has 0 amide bonds. The summed E-state index contributed by atoms with van der Waals surface area (Å²) in [4.78, 5) is 15.3. The minimum atomic E-state index is -1.06. The maximum atomic E-state index is 13.6. The van der Waals surface area contributed by atoms with Crippen LogP contribution in [0.2, 0.25) is 0 Å². The first-order chi connectivity index (χ1) is 13.6. The molecule has 7 nitrogen and oxygen atoms in total. The van der Waals surface area contributed by atoms with Crippen LogP contribution in [0.4, 0.5) is 4.39 Å². The van der Waals surface area contributed by atoms with Gasteiger partial charge in [0.05, 0.1) is 18.4 Å². The van der Waals surface area contributed by atoms with E-state index in [9.17, 15) is 9.18 Å². The van der Waals surface area contributed by atoms with Crippen LogP contribution < -0.4 is 9.47 Å². The van der Waals surface area contributed by atoms with E-state index >= 15 is 0 Å². The lowest BCUT2D eigenvalue weighted by atomic mass is 10.2. The number of unbranched alkanes of at least 4 members (excludes halogenated alkanes) is 1. The molecule has 0 aliphatic rings. The SMILES string of the molecule is CCCCOc1cc(F)ccc1COc1ccnn1-c1cc(C(=O)O)ccn1. The van der Waals surface area contributed by atoms with Gasteiger partial charge >= 0.3 is 5.97 Å². The van der Waals surface area contributed by atoms with Gasteiger partial charge in [0, 0.05) is 23.9 Å². The van der Waals surface area contributed by atoms with Crippen molar-refractivity contribution >= 4 is 5.97 Å². The zero-order chi connectivity index (χ0) is 19.9. The molecule has 2 aromatic heterocycles. The van der Waals surface area contributed by atoms with E-state index in [2.05, 4.69) is 10.1 Å². The Morgan fingerprint density at radius 1 is 1.18 bits per heavy atom. The molecular weight excluding hydrogens is 365 g/mol. The highest BCUT2D eigenvalue weighted by atomic mass is 19.1. The van der Waals surface area contributed by atoms with E-state index in [4.69, 9.17) is 14.6 Å². The summed E-state index contributed by atoms with van der Waals surface area (Å²) in [7, 11) is 0. The summed E-state index contributed by atoms with van der Waals surface area (Å²) < 4.78 is 26.4. The summed E-state index contributed by atoms with van der Waals surface area (Å²) in [6.07, 6.45) is 4.76. The van der Waals surface area contributed by atoms with E-state index in [1.165, 1.54) is 41.3 Å². The number of rotatable bonds is 9. The first-order valence-electron chi connectivity index (χ1n) is 8.86. The number of carboxylic acid groups (broad SMARTS) is 1. The summed E-state index contributed by atoms with van der Waals surface area (Å²) in [5.41, 5.74) is 0.786. The van der Waals surface area contributed by atoms with Gasteiger partial charge in [0.2, 0.25) is 5.88 Å². The van der Waals surface area contributed by atoms with E-state index in [0.717, 1.165) is 12.8 Å². The molecule has 1 aromatic carbocycles. The van der Waals surface area contributed by atoms with E-state index in [-0.39, 0.29) is 18.0 Å². The molecule has 0 atom stereocenters. The van der Waals surface area contributed by atoms with Crippen molar-refractivity contribution in [2.45, 2.75) is 26.4 Å². The highest BCUT2D eigenvalue weighted by Crippen LogP contribution is 2.23. The first kappa shape index (κ1) is 19.3. The minimum Gasteiger partial charge on any atom is -0.493 e. The molecule has 0 radical (unpaired) electrons. The van der Waals surface area contributed by atoms with E-state index in [1.54, 1.807) is 12.1 Å². The van der Waals surface area contributed by atoms with Gasteiger partial charge in [0.15, 0.2) is 5.82 Å². The summed E-state index contributed by atoms with van der Waals surface area (Å²) in [5.74, 6) is -0.309. The molecule has 0 aliphatic carbocycles. The summed E-state index contributed by atoms with van der Waals surface area (Å²) >= 11 is 0. The zero-order valence-corrected chi connectivity index (χ0v) is 15.3. The third-order valence-corrected chi connectivity index (χ3v) is 3.98. The van der Waals surface area contributed by atoms with Crippen molar-refractivity contribution in [3.63, 3.8) is 0 Å². The highest BCUT2D eigenvalue weighted by molar-refractivity contribution is 5.87. The maximum Gasteiger partial charge on any atom is 0.335 e. The Hall–Kier alpha value is -3.42. The Morgan fingerprint density at radius 3 is 2.82 bits per heavy atom. The molecule has 0 aliphatic heterocycles. The predicted octanol–water partition coefficient (Wildman–Crippen LogP) is 3.86. The third-order valence-electron chi connectivity index (χ3n) is 3.98. The number of hydrogen-bond acceptors (Lipinski definition) is 5. The number of carboxylic acids is 1. The Morgan fingerprint density at radius 2 is 2.04 bits per heavy atom. The standard InChI is InChI=1S/C20H20FN3O4/c1-2-3-10-27-17-12-16(21)5-4-15(17)13-28-19-7-9-23-24(19)18-11-14(20(25)26)6-8-22-18/h4-9,11-12H,2-3,10,13H2,1H3,(H,25,26). The zero-order valence-electron chi connectivity index (χ0n) is 15.3. The Kier molecular flexibility index (Phi) is 6.21. The summed E-state index contributed by atoms with van der Waals surface area (Å²) in [6, 6.07) is 8.73. The fraction of sp³-hybridized carbons (Fsp3) is 0.250. The monoisotopic (exact) mass is 385 g/mol. The van der Waals surface area contributed by atoms with Crippen LogP contribution in [0.5, 0.6) is 11.6 Å². The number of benzene rings is 1. The average Bonchev–Trinajstić information content (AvgIpc) is 3.16. The molecule has 0 unspecified atom stereocenters. The molecule has 8 heteroatoms. The minimum absolute atomic E-state index is 0.0941. The molecule has 0 spiro atoms. The number of halogens is 1. The van der Waals surface area contributed by atoms with Gasteiger partial charge in [-0.15, -0.1) is 0 Å². The van der Waals surface area contributed by atoms with Crippen LogP contribution in [0.3, 0.4) is 0 Å². The largest absolute Gasteiger partial charge is 0.493 e. The van der Waals surface area contributed by atoms with Crippen LogP contribution in [0.1, 0.15) is 35.7 Å². The van der Waals surface area contributed by atoms with Crippen LogP contribution in [0.25, 0.3) is 5.82 Å². The van der Waals surface area contributed by atoms with E-state index in [0.29, 0.717) is 29.6 Å². The number of aromatic nitrogens is 3. The van der Waals surface area contributed by atoms with Crippen LogP contribution >= 0.6 is 0 Å². The van der Waals surface area contributed by atoms with Gasteiger partial charge in [-0.1, -0.05) is 13.3 Å². The van der Waals surface area contributed by atoms with Gasteiger partial charge < -0.3 is 14.6 Å². The second-order valence-corrected chi connectivity index (χ2v) is 6.03. The molecule has 0 fully saturated rings. The summed E-state index contributed by atoms with van der Waals surface area (Å²) in [6.45, 7) is 2.68. The second-order valence-electron chi connectivity index (χ2n) is 6.03. The quantitative estimate of drug-likeness (QED) is 0.563. The molecule has 2 heterocycles. The normalized spacial score (nSPS) is 10.6. The van der Waals surface area contributed by atoms with Gasteiger partial charge in [-0.05, 0) is 30.7 Å². The van der Waals surface area contributed by atoms with Crippen molar-refractivity contribution in [1.29, 1.82) is 0 Å². The summed E-state index contributed by atoms with van der Waals surface area (Å²) in [5, 5.41) is 13.3. The average molecular weight is 385 g/mol. The number of aromatic carboxylic acids is 1. The number of carbonyl (C=O) groups is 1. The lowest BCUT2D eigenvalue weighted by molar-refractivity contribution is 0.0696. The molecule has 0 saturated carbocycles. The van der Waals surface area contributed by atoms with E-state index < -0.39 is 5.97 Å². The molecule has 1 N–H and O–H groups in total. The lowest BCUT2D eigenvalue weighted by Gasteiger charge is -2.13. The van der Waals surface area contributed by atoms with Gasteiger partial charge in [-0.25, -0.2) is 14.2 Å². The van der Waals surface area contributed by atoms with Crippen molar-refractivity contribution < 1.29 is 23.8 Å². The van der Waals surface area contributed by atoms with Gasteiger partial charge in [0.25, 0.3) is 0 Å².